The van der Waals surface area contributed by atoms with E-state index in [1.807, 2.05) is 6.92 Å². The molecular formula is C17H16ClF3N2O3S. The number of aryl methyl sites for hydroxylation is 1. The molecule has 0 aliphatic rings. The fraction of sp³-hybridized carbons (Fsp3) is 0.235. The molecule has 0 saturated carbocycles. The molecule has 0 heterocycles. The molecule has 0 aromatic heterocycles. The van der Waals surface area contributed by atoms with Gasteiger partial charge in [-0.3, -0.25) is 4.79 Å². The first-order valence-corrected chi connectivity index (χ1v) is 9.42. The van der Waals surface area contributed by atoms with Gasteiger partial charge in [-0.05, 0) is 37.3 Å². The number of halogens is 4. The number of likely N-dealkylation sites (N-methyl/N-ethyl adjacent to an activating group) is 1. The second kappa shape index (κ2) is 7.87. The Morgan fingerprint density at radius 1 is 1.15 bits per heavy atom. The summed E-state index contributed by atoms with van der Waals surface area (Å²) in [6, 6.07) is 8.81. The minimum atomic E-state index is -4.73. The molecule has 2 aromatic rings. The maximum atomic E-state index is 12.9. The van der Waals surface area contributed by atoms with Gasteiger partial charge in [-0.15, -0.1) is 0 Å². The van der Waals surface area contributed by atoms with Crippen molar-refractivity contribution in [2.75, 3.05) is 18.9 Å². The van der Waals surface area contributed by atoms with E-state index in [0.717, 1.165) is 18.7 Å². The molecule has 10 heteroatoms. The van der Waals surface area contributed by atoms with Crippen LogP contribution in [0.2, 0.25) is 5.02 Å². The molecule has 0 radical (unpaired) electrons. The first-order chi connectivity index (χ1) is 12.4. The average Bonchev–Trinajstić information content (AvgIpc) is 2.56. The first kappa shape index (κ1) is 21.2. The molecule has 0 saturated heterocycles. The maximum absolute atomic E-state index is 12.9. The monoisotopic (exact) mass is 420 g/mol. The zero-order chi connectivity index (χ0) is 20.4. The van der Waals surface area contributed by atoms with Crippen molar-refractivity contribution in [3.63, 3.8) is 0 Å². The zero-order valence-corrected chi connectivity index (χ0v) is 15.9. The number of rotatable bonds is 5. The van der Waals surface area contributed by atoms with Crippen molar-refractivity contribution in [2.45, 2.75) is 18.0 Å². The number of nitrogens with zero attached hydrogens (tertiary/aromatic N) is 1. The van der Waals surface area contributed by atoms with E-state index in [9.17, 15) is 26.4 Å². The third-order valence-electron chi connectivity index (χ3n) is 3.65. The summed E-state index contributed by atoms with van der Waals surface area (Å²) >= 11 is 5.78. The number of sulfonamides is 1. The molecule has 2 aromatic carbocycles. The summed E-state index contributed by atoms with van der Waals surface area (Å²) in [5.74, 6) is -0.645. The highest BCUT2D eigenvalue weighted by molar-refractivity contribution is 7.89. The second-order valence-corrected chi connectivity index (χ2v) is 8.24. The van der Waals surface area contributed by atoms with Crippen molar-refractivity contribution < 1.29 is 26.4 Å². The van der Waals surface area contributed by atoms with Gasteiger partial charge in [0, 0.05) is 12.7 Å². The van der Waals surface area contributed by atoms with E-state index in [1.54, 1.807) is 24.3 Å². The SMILES string of the molecule is Cc1ccc(NC(=O)CN(C)S(=O)(=O)c2cc(C(F)(F)F)ccc2Cl)cc1. The number of benzene rings is 2. The number of carbonyl (C=O) groups excluding carboxylic acids is 1. The Labute approximate surface area is 159 Å². The smallest absolute Gasteiger partial charge is 0.325 e. The molecule has 0 unspecified atom stereocenters. The minimum absolute atomic E-state index is 0.367. The Balaban J connectivity index is 2.20. The zero-order valence-electron chi connectivity index (χ0n) is 14.3. The standard InChI is InChI=1S/C17H16ClF3N2O3S/c1-11-3-6-13(7-4-11)22-16(24)10-23(2)27(25,26)15-9-12(17(19,20)21)5-8-14(15)18/h3-9H,10H2,1-2H3,(H,22,24). The van der Waals surface area contributed by atoms with Gasteiger partial charge in [0.15, 0.2) is 0 Å². The van der Waals surface area contributed by atoms with Gasteiger partial charge in [-0.25, -0.2) is 8.42 Å². The molecule has 1 amide bonds. The van der Waals surface area contributed by atoms with E-state index in [1.165, 1.54) is 0 Å². The third-order valence-corrected chi connectivity index (χ3v) is 5.93. The number of anilines is 1. The highest BCUT2D eigenvalue weighted by Gasteiger charge is 2.34. The number of hydrogen-bond acceptors (Lipinski definition) is 3. The molecule has 1 N–H and O–H groups in total. The predicted octanol–water partition coefficient (Wildman–Crippen LogP) is 3.93. The Hall–Kier alpha value is -2.10. The van der Waals surface area contributed by atoms with Crippen LogP contribution >= 0.6 is 11.6 Å². The van der Waals surface area contributed by atoms with E-state index in [0.29, 0.717) is 22.1 Å². The molecule has 2 rings (SSSR count). The molecule has 0 atom stereocenters. The normalized spacial score (nSPS) is 12.3. The van der Waals surface area contributed by atoms with Gasteiger partial charge in [0.2, 0.25) is 15.9 Å². The van der Waals surface area contributed by atoms with E-state index in [-0.39, 0.29) is 5.02 Å². The highest BCUT2D eigenvalue weighted by Crippen LogP contribution is 2.34. The van der Waals surface area contributed by atoms with Gasteiger partial charge in [0.05, 0.1) is 17.1 Å². The van der Waals surface area contributed by atoms with Crippen molar-refractivity contribution in [1.82, 2.24) is 4.31 Å². The van der Waals surface area contributed by atoms with Crippen LogP contribution in [0.15, 0.2) is 47.4 Å². The van der Waals surface area contributed by atoms with Crippen molar-refractivity contribution in [2.24, 2.45) is 0 Å². The van der Waals surface area contributed by atoms with Crippen LogP contribution in [0, 0.1) is 6.92 Å². The van der Waals surface area contributed by atoms with Gasteiger partial charge < -0.3 is 5.32 Å². The molecule has 0 aliphatic heterocycles. The number of carbonyl (C=O) groups is 1. The number of amides is 1. The van der Waals surface area contributed by atoms with Crippen molar-refractivity contribution >= 4 is 33.2 Å². The quantitative estimate of drug-likeness (QED) is 0.797. The lowest BCUT2D eigenvalue weighted by Gasteiger charge is -2.19. The van der Waals surface area contributed by atoms with Crippen LogP contribution in [-0.4, -0.2) is 32.2 Å². The van der Waals surface area contributed by atoms with Crippen molar-refractivity contribution in [3.8, 4) is 0 Å². The summed E-state index contributed by atoms with van der Waals surface area (Å²) in [7, 11) is -3.32. The molecule has 0 bridgehead atoms. The summed E-state index contributed by atoms with van der Waals surface area (Å²) in [6.07, 6.45) is -4.73. The van der Waals surface area contributed by atoms with Crippen LogP contribution in [0.1, 0.15) is 11.1 Å². The molecule has 5 nitrogen and oxygen atoms in total. The van der Waals surface area contributed by atoms with Crippen LogP contribution in [0.5, 0.6) is 0 Å². The fourth-order valence-corrected chi connectivity index (χ4v) is 3.79. The Bertz CT molecular complexity index is 945. The summed E-state index contributed by atoms with van der Waals surface area (Å²) in [4.78, 5) is 11.3. The number of nitrogens with one attached hydrogen (secondary N) is 1. The molecule has 146 valence electrons. The highest BCUT2D eigenvalue weighted by atomic mass is 35.5. The fourth-order valence-electron chi connectivity index (χ4n) is 2.17. The summed E-state index contributed by atoms with van der Waals surface area (Å²) in [5, 5.41) is 2.15. The van der Waals surface area contributed by atoms with E-state index >= 15 is 0 Å². The minimum Gasteiger partial charge on any atom is -0.325 e. The largest absolute Gasteiger partial charge is 0.416 e. The van der Waals surface area contributed by atoms with Gasteiger partial charge in [-0.1, -0.05) is 29.3 Å². The van der Waals surface area contributed by atoms with E-state index in [2.05, 4.69) is 5.32 Å². The second-order valence-electron chi connectivity index (χ2n) is 5.82. The van der Waals surface area contributed by atoms with Crippen molar-refractivity contribution in [1.29, 1.82) is 0 Å². The van der Waals surface area contributed by atoms with E-state index in [4.69, 9.17) is 11.6 Å². The molecule has 0 aliphatic carbocycles. The lowest BCUT2D eigenvalue weighted by atomic mass is 10.2. The topological polar surface area (TPSA) is 66.5 Å². The Morgan fingerprint density at radius 3 is 2.30 bits per heavy atom. The maximum Gasteiger partial charge on any atom is 0.416 e. The summed E-state index contributed by atoms with van der Waals surface area (Å²) < 4.78 is 64.3. The molecular weight excluding hydrogens is 405 g/mol. The van der Waals surface area contributed by atoms with Crippen LogP contribution in [-0.2, 0) is 21.0 Å². The van der Waals surface area contributed by atoms with Gasteiger partial charge >= 0.3 is 6.18 Å². The lowest BCUT2D eigenvalue weighted by Crippen LogP contribution is -2.35. The number of alkyl halides is 3. The van der Waals surface area contributed by atoms with Crippen LogP contribution in [0.3, 0.4) is 0 Å². The predicted molar refractivity (Wildman–Crippen MR) is 96.1 cm³/mol. The van der Waals surface area contributed by atoms with Gasteiger partial charge in [0.1, 0.15) is 4.90 Å². The van der Waals surface area contributed by atoms with Crippen LogP contribution < -0.4 is 5.32 Å². The summed E-state index contributed by atoms with van der Waals surface area (Å²) in [6.45, 7) is 1.27. The van der Waals surface area contributed by atoms with E-state index < -0.39 is 39.1 Å². The van der Waals surface area contributed by atoms with Gasteiger partial charge in [-0.2, -0.15) is 17.5 Å². The van der Waals surface area contributed by atoms with Crippen LogP contribution in [0.4, 0.5) is 18.9 Å². The Kier molecular flexibility index (Phi) is 6.18. The van der Waals surface area contributed by atoms with Gasteiger partial charge in [0.25, 0.3) is 0 Å². The molecule has 0 spiro atoms. The van der Waals surface area contributed by atoms with Crippen LogP contribution in [0.25, 0.3) is 0 Å². The Morgan fingerprint density at radius 2 is 1.74 bits per heavy atom. The summed E-state index contributed by atoms with van der Waals surface area (Å²) in [5.41, 5.74) is 0.295. The lowest BCUT2D eigenvalue weighted by molar-refractivity contribution is -0.137. The number of hydrogen-bond donors (Lipinski definition) is 1. The first-order valence-electron chi connectivity index (χ1n) is 7.61. The third kappa shape index (κ3) is 5.21. The molecule has 0 fully saturated rings. The molecule has 27 heavy (non-hydrogen) atoms. The van der Waals surface area contributed by atoms with Crippen molar-refractivity contribution in [3.05, 3.63) is 58.6 Å². The average molecular weight is 421 g/mol.